The van der Waals surface area contributed by atoms with Gasteiger partial charge in [-0.15, -0.1) is 0 Å². The van der Waals surface area contributed by atoms with E-state index in [4.69, 9.17) is 0 Å². The molecule has 0 aromatic rings. The summed E-state index contributed by atoms with van der Waals surface area (Å²) in [5.74, 6) is -0.239. The number of ketones is 2. The van der Waals surface area contributed by atoms with Crippen molar-refractivity contribution in [2.45, 2.75) is 39.8 Å². The van der Waals surface area contributed by atoms with E-state index < -0.39 is 6.04 Å². The van der Waals surface area contributed by atoms with Crippen molar-refractivity contribution in [1.82, 2.24) is 5.32 Å². The van der Waals surface area contributed by atoms with Crippen LogP contribution in [0, 0.1) is 0 Å². The van der Waals surface area contributed by atoms with E-state index in [9.17, 15) is 9.59 Å². The van der Waals surface area contributed by atoms with E-state index in [1.807, 2.05) is 13.8 Å². The molecule has 0 saturated heterocycles. The summed E-state index contributed by atoms with van der Waals surface area (Å²) in [4.78, 5) is 21.7. The predicted octanol–water partition coefficient (Wildman–Crippen LogP) is 0.531. The summed E-state index contributed by atoms with van der Waals surface area (Å²) in [6.45, 7) is 6.64. The molecule has 0 saturated carbocycles. The first-order valence-corrected chi connectivity index (χ1v) is 3.72. The number of nitrogens with one attached hydrogen (secondary N) is 1. The molecular formula is C8H15NO2. The van der Waals surface area contributed by atoms with Crippen molar-refractivity contribution in [3.05, 3.63) is 0 Å². The van der Waals surface area contributed by atoms with Crippen LogP contribution < -0.4 is 5.32 Å². The standard InChI is InChI=1S/C8H15NO2/c1-5(2)9-8(6(3)10)7(4)11/h5,8-9H,1-4H3. The van der Waals surface area contributed by atoms with Crippen LogP contribution in [-0.4, -0.2) is 23.7 Å². The molecule has 11 heavy (non-hydrogen) atoms. The molecule has 0 heterocycles. The van der Waals surface area contributed by atoms with E-state index in [0.717, 1.165) is 0 Å². The molecule has 3 nitrogen and oxygen atoms in total. The third-order valence-corrected chi connectivity index (χ3v) is 1.31. The lowest BCUT2D eigenvalue weighted by molar-refractivity contribution is -0.127. The zero-order valence-electron chi connectivity index (χ0n) is 7.47. The zero-order valence-corrected chi connectivity index (χ0v) is 7.47. The van der Waals surface area contributed by atoms with Gasteiger partial charge in [0.05, 0.1) is 0 Å². The van der Waals surface area contributed by atoms with Crippen molar-refractivity contribution in [3.63, 3.8) is 0 Å². The summed E-state index contributed by atoms with van der Waals surface area (Å²) in [5.41, 5.74) is 0. The van der Waals surface area contributed by atoms with Gasteiger partial charge < -0.3 is 0 Å². The Morgan fingerprint density at radius 2 is 1.45 bits per heavy atom. The summed E-state index contributed by atoms with van der Waals surface area (Å²) >= 11 is 0. The van der Waals surface area contributed by atoms with Crippen LogP contribution in [0.25, 0.3) is 0 Å². The average molecular weight is 157 g/mol. The zero-order chi connectivity index (χ0) is 9.02. The molecule has 0 aliphatic rings. The molecule has 0 aromatic carbocycles. The van der Waals surface area contributed by atoms with Gasteiger partial charge in [0.25, 0.3) is 0 Å². The van der Waals surface area contributed by atoms with Crippen molar-refractivity contribution < 1.29 is 9.59 Å². The van der Waals surface area contributed by atoms with E-state index in [0.29, 0.717) is 0 Å². The Bertz CT molecular complexity index is 149. The van der Waals surface area contributed by atoms with Crippen LogP contribution >= 0.6 is 0 Å². The van der Waals surface area contributed by atoms with E-state index in [-0.39, 0.29) is 17.6 Å². The average Bonchev–Trinajstić information content (AvgIpc) is 1.81. The summed E-state index contributed by atoms with van der Waals surface area (Å²) in [6.07, 6.45) is 0. The lowest BCUT2D eigenvalue weighted by Crippen LogP contribution is -2.44. The molecule has 0 bridgehead atoms. The van der Waals surface area contributed by atoms with Crippen LogP contribution in [0.15, 0.2) is 0 Å². The number of hydrogen-bond donors (Lipinski definition) is 1. The number of carbonyl (C=O) groups is 2. The van der Waals surface area contributed by atoms with Gasteiger partial charge >= 0.3 is 0 Å². The minimum atomic E-state index is -0.616. The maximum Gasteiger partial charge on any atom is 0.154 e. The highest BCUT2D eigenvalue weighted by atomic mass is 16.2. The fourth-order valence-electron chi connectivity index (χ4n) is 0.854. The van der Waals surface area contributed by atoms with Gasteiger partial charge in [0, 0.05) is 6.04 Å². The molecule has 0 spiro atoms. The third-order valence-electron chi connectivity index (χ3n) is 1.31. The minimum absolute atomic E-state index is 0.119. The molecule has 3 heteroatoms. The Hall–Kier alpha value is -0.700. The van der Waals surface area contributed by atoms with Crippen molar-refractivity contribution in [3.8, 4) is 0 Å². The second kappa shape index (κ2) is 4.23. The largest absolute Gasteiger partial charge is 0.299 e. The Balaban J connectivity index is 4.12. The first kappa shape index (κ1) is 10.3. The molecule has 0 radical (unpaired) electrons. The summed E-state index contributed by atoms with van der Waals surface area (Å²) in [5, 5.41) is 2.88. The van der Waals surface area contributed by atoms with Gasteiger partial charge in [-0.2, -0.15) is 0 Å². The predicted molar refractivity (Wildman–Crippen MR) is 43.4 cm³/mol. The highest BCUT2D eigenvalue weighted by Crippen LogP contribution is 1.90. The van der Waals surface area contributed by atoms with Gasteiger partial charge in [-0.05, 0) is 27.7 Å². The van der Waals surface area contributed by atoms with Crippen LogP contribution in [-0.2, 0) is 9.59 Å². The molecule has 0 aliphatic heterocycles. The van der Waals surface area contributed by atoms with Gasteiger partial charge in [-0.3, -0.25) is 14.9 Å². The van der Waals surface area contributed by atoms with Gasteiger partial charge in [-0.1, -0.05) is 0 Å². The second-order valence-electron chi connectivity index (χ2n) is 2.98. The summed E-state index contributed by atoms with van der Waals surface area (Å²) < 4.78 is 0. The quantitative estimate of drug-likeness (QED) is 0.605. The molecule has 0 unspecified atom stereocenters. The fourth-order valence-corrected chi connectivity index (χ4v) is 0.854. The Morgan fingerprint density at radius 1 is 1.09 bits per heavy atom. The molecule has 64 valence electrons. The van der Waals surface area contributed by atoms with Gasteiger partial charge in [0.15, 0.2) is 11.6 Å². The van der Waals surface area contributed by atoms with Crippen molar-refractivity contribution in [1.29, 1.82) is 0 Å². The van der Waals surface area contributed by atoms with Crippen LogP contribution in [0.5, 0.6) is 0 Å². The highest BCUT2D eigenvalue weighted by molar-refractivity contribution is 6.04. The number of carbonyl (C=O) groups excluding carboxylic acids is 2. The molecule has 0 amide bonds. The molecule has 0 fully saturated rings. The molecular weight excluding hydrogens is 142 g/mol. The highest BCUT2D eigenvalue weighted by Gasteiger charge is 2.18. The minimum Gasteiger partial charge on any atom is -0.299 e. The molecule has 1 N–H and O–H groups in total. The number of rotatable bonds is 4. The van der Waals surface area contributed by atoms with Crippen molar-refractivity contribution in [2.75, 3.05) is 0 Å². The second-order valence-corrected chi connectivity index (χ2v) is 2.98. The summed E-state index contributed by atoms with van der Waals surface area (Å²) in [7, 11) is 0. The SMILES string of the molecule is CC(=O)C(NC(C)C)C(C)=O. The lowest BCUT2D eigenvalue weighted by Gasteiger charge is -2.14. The van der Waals surface area contributed by atoms with Crippen LogP contribution in [0.1, 0.15) is 27.7 Å². The van der Waals surface area contributed by atoms with Crippen LogP contribution in [0.3, 0.4) is 0 Å². The number of Topliss-reactive ketones (excluding diaryl/α,β-unsaturated/α-hetero) is 2. The van der Waals surface area contributed by atoms with Crippen LogP contribution in [0.2, 0.25) is 0 Å². The van der Waals surface area contributed by atoms with Crippen molar-refractivity contribution >= 4 is 11.6 Å². The van der Waals surface area contributed by atoms with Gasteiger partial charge in [0.2, 0.25) is 0 Å². The Kier molecular flexibility index (Phi) is 3.97. The van der Waals surface area contributed by atoms with Crippen LogP contribution in [0.4, 0.5) is 0 Å². The first-order valence-electron chi connectivity index (χ1n) is 3.72. The molecule has 0 aliphatic carbocycles. The van der Waals surface area contributed by atoms with E-state index in [2.05, 4.69) is 5.32 Å². The molecule has 0 rings (SSSR count). The van der Waals surface area contributed by atoms with E-state index >= 15 is 0 Å². The summed E-state index contributed by atoms with van der Waals surface area (Å²) in [6, 6.07) is -0.456. The van der Waals surface area contributed by atoms with Crippen molar-refractivity contribution in [2.24, 2.45) is 0 Å². The van der Waals surface area contributed by atoms with E-state index in [1.165, 1.54) is 13.8 Å². The van der Waals surface area contributed by atoms with Gasteiger partial charge in [-0.25, -0.2) is 0 Å². The lowest BCUT2D eigenvalue weighted by atomic mass is 10.1. The van der Waals surface area contributed by atoms with Gasteiger partial charge in [0.1, 0.15) is 6.04 Å². The normalized spacial score (nSPS) is 10.7. The molecule has 0 atom stereocenters. The first-order chi connectivity index (χ1) is 4.95. The maximum absolute atomic E-state index is 10.8. The number of hydrogen-bond acceptors (Lipinski definition) is 3. The molecule has 0 aromatic heterocycles. The third kappa shape index (κ3) is 3.88. The Labute approximate surface area is 67.2 Å². The Morgan fingerprint density at radius 3 is 1.55 bits per heavy atom. The monoisotopic (exact) mass is 157 g/mol. The maximum atomic E-state index is 10.8. The topological polar surface area (TPSA) is 46.2 Å². The smallest absolute Gasteiger partial charge is 0.154 e. The van der Waals surface area contributed by atoms with E-state index in [1.54, 1.807) is 0 Å². The fraction of sp³-hybridized carbons (Fsp3) is 0.750.